The molecule has 0 saturated heterocycles. The van der Waals surface area contributed by atoms with Crippen molar-refractivity contribution >= 4 is 35.6 Å². The molecule has 0 aromatic heterocycles. The summed E-state index contributed by atoms with van der Waals surface area (Å²) in [4.78, 5) is 34.2. The molecule has 2 rings (SSSR count). The number of nitro benzene ring substituents is 1. The Kier molecular flexibility index (Phi) is 8.20. The van der Waals surface area contributed by atoms with Gasteiger partial charge in [-0.1, -0.05) is 30.3 Å². The maximum Gasteiger partial charge on any atom is 0.269 e. The second kappa shape index (κ2) is 10.1. The number of anilines is 1. The van der Waals surface area contributed by atoms with Crippen LogP contribution in [0.3, 0.4) is 0 Å². The summed E-state index contributed by atoms with van der Waals surface area (Å²) in [5.74, 6) is -0.876. The zero-order chi connectivity index (χ0) is 18.2. The minimum absolute atomic E-state index is 0. The summed E-state index contributed by atoms with van der Waals surface area (Å²) >= 11 is 0. The van der Waals surface area contributed by atoms with Crippen molar-refractivity contribution in [2.24, 2.45) is 5.73 Å². The fourth-order valence-corrected chi connectivity index (χ4v) is 2.21. The van der Waals surface area contributed by atoms with Gasteiger partial charge in [-0.25, -0.2) is 0 Å². The van der Waals surface area contributed by atoms with Crippen LogP contribution >= 0.6 is 12.4 Å². The van der Waals surface area contributed by atoms with Crippen molar-refractivity contribution in [1.82, 2.24) is 5.32 Å². The van der Waals surface area contributed by atoms with E-state index in [2.05, 4.69) is 10.6 Å². The summed E-state index contributed by atoms with van der Waals surface area (Å²) in [5, 5.41) is 15.9. The van der Waals surface area contributed by atoms with Gasteiger partial charge in [-0.2, -0.15) is 0 Å². The van der Waals surface area contributed by atoms with Crippen molar-refractivity contribution in [3.05, 3.63) is 70.3 Å². The van der Waals surface area contributed by atoms with Crippen molar-refractivity contribution in [1.29, 1.82) is 0 Å². The number of amides is 2. The van der Waals surface area contributed by atoms with E-state index in [0.717, 1.165) is 5.56 Å². The average molecular weight is 379 g/mol. The van der Waals surface area contributed by atoms with Crippen LogP contribution in [0.5, 0.6) is 0 Å². The minimum Gasteiger partial charge on any atom is -0.343 e. The SMILES string of the molecule is Cl.NCC(=O)N[C@H](Cc1ccccc1)C(=O)Nc1ccc([N+](=O)[O-])cc1. The van der Waals surface area contributed by atoms with Crippen LogP contribution in [0, 0.1) is 10.1 Å². The summed E-state index contributed by atoms with van der Waals surface area (Å²) in [6, 6.07) is 13.9. The molecule has 2 aromatic carbocycles. The quantitative estimate of drug-likeness (QED) is 0.498. The summed E-state index contributed by atoms with van der Waals surface area (Å²) in [7, 11) is 0. The lowest BCUT2D eigenvalue weighted by Gasteiger charge is -2.18. The van der Waals surface area contributed by atoms with E-state index in [1.807, 2.05) is 30.3 Å². The molecular weight excluding hydrogens is 360 g/mol. The molecule has 0 heterocycles. The highest BCUT2D eigenvalue weighted by molar-refractivity contribution is 5.97. The van der Waals surface area contributed by atoms with E-state index in [0.29, 0.717) is 12.1 Å². The third kappa shape index (κ3) is 6.15. The van der Waals surface area contributed by atoms with Gasteiger partial charge in [0.1, 0.15) is 6.04 Å². The molecule has 0 fully saturated rings. The summed E-state index contributed by atoms with van der Waals surface area (Å²) < 4.78 is 0. The number of rotatable bonds is 7. The molecule has 26 heavy (non-hydrogen) atoms. The monoisotopic (exact) mass is 378 g/mol. The van der Waals surface area contributed by atoms with E-state index in [-0.39, 0.29) is 24.6 Å². The van der Waals surface area contributed by atoms with Gasteiger partial charge >= 0.3 is 0 Å². The minimum atomic E-state index is -0.811. The van der Waals surface area contributed by atoms with Crippen molar-refractivity contribution in [2.45, 2.75) is 12.5 Å². The number of non-ortho nitro benzene ring substituents is 1. The van der Waals surface area contributed by atoms with E-state index < -0.39 is 22.8 Å². The van der Waals surface area contributed by atoms with Crippen molar-refractivity contribution in [3.63, 3.8) is 0 Å². The fourth-order valence-electron chi connectivity index (χ4n) is 2.21. The Hall–Kier alpha value is -2.97. The number of carbonyl (C=O) groups is 2. The normalized spacial score (nSPS) is 11.0. The lowest BCUT2D eigenvalue weighted by molar-refractivity contribution is -0.384. The number of halogens is 1. The maximum atomic E-state index is 12.5. The molecule has 4 N–H and O–H groups in total. The van der Waals surface area contributed by atoms with Gasteiger partial charge in [0.05, 0.1) is 11.5 Å². The number of hydrogen-bond donors (Lipinski definition) is 3. The number of hydrogen-bond acceptors (Lipinski definition) is 5. The van der Waals surface area contributed by atoms with E-state index in [9.17, 15) is 19.7 Å². The molecule has 1 atom stereocenters. The van der Waals surface area contributed by atoms with Crippen LogP contribution in [0.15, 0.2) is 54.6 Å². The zero-order valence-electron chi connectivity index (χ0n) is 13.8. The third-order valence-electron chi connectivity index (χ3n) is 3.47. The third-order valence-corrected chi connectivity index (χ3v) is 3.47. The summed E-state index contributed by atoms with van der Waals surface area (Å²) in [6.07, 6.45) is 0.297. The van der Waals surface area contributed by atoms with Crippen molar-refractivity contribution in [3.8, 4) is 0 Å². The number of carbonyl (C=O) groups excluding carboxylic acids is 2. The fraction of sp³-hybridized carbons (Fsp3) is 0.176. The molecule has 0 saturated carbocycles. The largest absolute Gasteiger partial charge is 0.343 e. The Morgan fingerprint density at radius 1 is 1.08 bits per heavy atom. The zero-order valence-corrected chi connectivity index (χ0v) is 14.6. The molecular formula is C17H19ClN4O4. The summed E-state index contributed by atoms with van der Waals surface area (Å²) in [5.41, 5.74) is 6.51. The first kappa shape index (κ1) is 21.1. The molecule has 8 nitrogen and oxygen atoms in total. The molecule has 0 aliphatic heterocycles. The van der Waals surface area contributed by atoms with Crippen LogP contribution in [0.2, 0.25) is 0 Å². The molecule has 0 unspecified atom stereocenters. The average Bonchev–Trinajstić information content (AvgIpc) is 2.62. The Bertz CT molecular complexity index is 753. The first-order chi connectivity index (χ1) is 12.0. The molecule has 0 aliphatic carbocycles. The topological polar surface area (TPSA) is 127 Å². The lowest BCUT2D eigenvalue weighted by Crippen LogP contribution is -2.47. The van der Waals surface area contributed by atoms with E-state index >= 15 is 0 Å². The first-order valence-electron chi connectivity index (χ1n) is 7.58. The molecule has 138 valence electrons. The first-order valence-corrected chi connectivity index (χ1v) is 7.58. The number of nitrogens with zero attached hydrogens (tertiary/aromatic N) is 1. The van der Waals surface area contributed by atoms with Gasteiger partial charge in [0.15, 0.2) is 0 Å². The van der Waals surface area contributed by atoms with Crippen LogP contribution in [0.25, 0.3) is 0 Å². The number of nitrogens with one attached hydrogen (secondary N) is 2. The van der Waals surface area contributed by atoms with Crippen molar-refractivity contribution in [2.75, 3.05) is 11.9 Å². The lowest BCUT2D eigenvalue weighted by atomic mass is 10.0. The Morgan fingerprint density at radius 3 is 2.23 bits per heavy atom. The highest BCUT2D eigenvalue weighted by atomic mass is 35.5. The van der Waals surface area contributed by atoms with Gasteiger partial charge in [0.2, 0.25) is 11.8 Å². The van der Waals surface area contributed by atoms with Gasteiger partial charge in [-0.15, -0.1) is 12.4 Å². The van der Waals surface area contributed by atoms with Gasteiger partial charge in [-0.3, -0.25) is 19.7 Å². The standard InChI is InChI=1S/C17H18N4O4.ClH/c18-11-16(22)20-15(10-12-4-2-1-3-5-12)17(23)19-13-6-8-14(9-7-13)21(24)25;/h1-9,15H,10-11,18H2,(H,19,23)(H,20,22);1H/t15-;/m1./s1. The highest BCUT2D eigenvalue weighted by Crippen LogP contribution is 2.16. The molecule has 2 aromatic rings. The molecule has 0 aliphatic rings. The van der Waals surface area contributed by atoms with Crippen LogP contribution in [-0.4, -0.2) is 29.3 Å². The van der Waals surface area contributed by atoms with Gasteiger partial charge in [0.25, 0.3) is 5.69 Å². The Morgan fingerprint density at radius 2 is 1.69 bits per heavy atom. The van der Waals surface area contributed by atoms with Crippen LogP contribution in [0.1, 0.15) is 5.56 Å². The second-order valence-electron chi connectivity index (χ2n) is 5.31. The molecule has 0 spiro atoms. The van der Waals surface area contributed by atoms with E-state index in [4.69, 9.17) is 5.73 Å². The molecule has 2 amide bonds. The number of benzene rings is 2. The smallest absolute Gasteiger partial charge is 0.269 e. The van der Waals surface area contributed by atoms with Gasteiger partial charge in [0, 0.05) is 24.2 Å². The predicted molar refractivity (Wildman–Crippen MR) is 100 cm³/mol. The molecule has 0 radical (unpaired) electrons. The van der Waals surface area contributed by atoms with Gasteiger partial charge in [-0.05, 0) is 17.7 Å². The molecule has 0 bridgehead atoms. The van der Waals surface area contributed by atoms with E-state index in [1.165, 1.54) is 24.3 Å². The number of nitro groups is 1. The maximum absolute atomic E-state index is 12.5. The Labute approximate surface area is 156 Å². The van der Waals surface area contributed by atoms with Crippen LogP contribution in [0.4, 0.5) is 11.4 Å². The molecule has 9 heteroatoms. The van der Waals surface area contributed by atoms with Crippen LogP contribution in [-0.2, 0) is 16.0 Å². The summed E-state index contributed by atoms with van der Waals surface area (Å²) in [6.45, 7) is -0.226. The predicted octanol–water partition coefficient (Wildman–Crippen LogP) is 1.64. The highest BCUT2D eigenvalue weighted by Gasteiger charge is 2.21. The van der Waals surface area contributed by atoms with Gasteiger partial charge < -0.3 is 16.4 Å². The Balaban J connectivity index is 0.00000338. The van der Waals surface area contributed by atoms with Crippen LogP contribution < -0.4 is 16.4 Å². The van der Waals surface area contributed by atoms with Crippen molar-refractivity contribution < 1.29 is 14.5 Å². The van der Waals surface area contributed by atoms with E-state index in [1.54, 1.807) is 0 Å². The second-order valence-corrected chi connectivity index (χ2v) is 5.31. The number of nitrogens with two attached hydrogens (primary N) is 1.